The Hall–Kier alpha value is -1.91. The lowest BCUT2D eigenvalue weighted by Crippen LogP contribution is -2.30. The summed E-state index contributed by atoms with van der Waals surface area (Å²) in [6, 6.07) is 9.83. The van der Waals surface area contributed by atoms with Gasteiger partial charge in [-0.3, -0.25) is 0 Å². The van der Waals surface area contributed by atoms with Gasteiger partial charge in [-0.05, 0) is 59.9 Å². The molecule has 2 aromatic carbocycles. The number of aliphatic hydroxyl groups is 1. The normalized spacial score (nSPS) is 23.4. The van der Waals surface area contributed by atoms with Crippen molar-refractivity contribution in [2.24, 2.45) is 5.92 Å². The average Bonchev–Trinajstić information content (AvgIpc) is 2.64. The standard InChI is InChI=1S/C23H27FO3.CH4/c1-14-7-19(13-25)27-23(8-14)20-11-18(21(24)12-22(20)26-2)10-15-3-4-16-5-6-17(16)9-15;/h3-4,9,11-12,14,19,23,25H,5-8,10,13H2,1-2H3;1H4. The zero-order valence-corrected chi connectivity index (χ0v) is 16.0. The third kappa shape index (κ3) is 4.08. The highest BCUT2D eigenvalue weighted by Gasteiger charge is 2.30. The van der Waals surface area contributed by atoms with Crippen molar-refractivity contribution in [1.29, 1.82) is 0 Å². The largest absolute Gasteiger partial charge is 0.496 e. The van der Waals surface area contributed by atoms with Crippen molar-refractivity contribution in [3.8, 4) is 5.75 Å². The SMILES string of the molecule is C.COc1cc(F)c(Cc2ccc3c(c2)CC3)cc1C1CC(C)CC(CO)O1. The molecule has 1 saturated heterocycles. The molecule has 3 nitrogen and oxygen atoms in total. The zero-order chi connectivity index (χ0) is 19.0. The van der Waals surface area contributed by atoms with Crippen molar-refractivity contribution >= 4 is 0 Å². The lowest BCUT2D eigenvalue weighted by molar-refractivity contribution is -0.0906. The Bertz CT molecular complexity index is 833. The van der Waals surface area contributed by atoms with Crippen molar-refractivity contribution in [2.45, 2.75) is 58.7 Å². The van der Waals surface area contributed by atoms with Crippen LogP contribution in [0.2, 0.25) is 0 Å². The molecule has 4 heteroatoms. The lowest BCUT2D eigenvalue weighted by Gasteiger charge is -2.34. The van der Waals surface area contributed by atoms with Crippen molar-refractivity contribution in [2.75, 3.05) is 13.7 Å². The Morgan fingerprint density at radius 2 is 1.93 bits per heavy atom. The van der Waals surface area contributed by atoms with Gasteiger partial charge in [0.2, 0.25) is 0 Å². The quantitative estimate of drug-likeness (QED) is 0.785. The van der Waals surface area contributed by atoms with Crippen molar-refractivity contribution < 1.29 is 19.0 Å². The highest BCUT2D eigenvalue weighted by Crippen LogP contribution is 2.40. The van der Waals surface area contributed by atoms with Crippen LogP contribution in [0, 0.1) is 11.7 Å². The zero-order valence-electron chi connectivity index (χ0n) is 16.0. The molecule has 2 aromatic rings. The number of aliphatic hydroxyl groups excluding tert-OH is 1. The van der Waals surface area contributed by atoms with Gasteiger partial charge in [0, 0.05) is 18.1 Å². The second-order valence-electron chi connectivity index (χ2n) is 7.97. The fourth-order valence-corrected chi connectivity index (χ4v) is 4.33. The molecule has 3 unspecified atom stereocenters. The lowest BCUT2D eigenvalue weighted by atomic mass is 9.85. The molecule has 1 N–H and O–H groups in total. The Morgan fingerprint density at radius 3 is 2.57 bits per heavy atom. The first-order valence-electron chi connectivity index (χ1n) is 9.80. The molecule has 0 saturated carbocycles. The molecule has 0 aromatic heterocycles. The van der Waals surface area contributed by atoms with E-state index < -0.39 is 0 Å². The molecule has 0 amide bonds. The minimum atomic E-state index is -0.249. The number of hydrogen-bond donors (Lipinski definition) is 1. The van der Waals surface area contributed by atoms with Gasteiger partial charge in [-0.1, -0.05) is 32.5 Å². The predicted molar refractivity (Wildman–Crippen MR) is 109 cm³/mol. The highest BCUT2D eigenvalue weighted by molar-refractivity contribution is 5.44. The van der Waals surface area contributed by atoms with Gasteiger partial charge >= 0.3 is 0 Å². The van der Waals surface area contributed by atoms with Gasteiger partial charge in [0.05, 0.1) is 25.9 Å². The molecular formula is C24H31FO3. The molecular weight excluding hydrogens is 355 g/mol. The van der Waals surface area contributed by atoms with E-state index in [4.69, 9.17) is 9.47 Å². The van der Waals surface area contributed by atoms with Crippen LogP contribution in [0.5, 0.6) is 5.75 Å². The molecule has 1 heterocycles. The highest BCUT2D eigenvalue weighted by atomic mass is 19.1. The van der Waals surface area contributed by atoms with Gasteiger partial charge in [-0.25, -0.2) is 4.39 Å². The summed E-state index contributed by atoms with van der Waals surface area (Å²) in [4.78, 5) is 0. The van der Waals surface area contributed by atoms with E-state index in [0.29, 0.717) is 23.7 Å². The molecule has 152 valence electrons. The number of methoxy groups -OCH3 is 1. The molecule has 1 aliphatic carbocycles. The van der Waals surface area contributed by atoms with Gasteiger partial charge < -0.3 is 14.6 Å². The fraction of sp³-hybridized carbons (Fsp3) is 0.500. The van der Waals surface area contributed by atoms with E-state index in [1.54, 1.807) is 7.11 Å². The van der Waals surface area contributed by atoms with Crippen LogP contribution in [0.1, 0.15) is 61.1 Å². The number of hydrogen-bond acceptors (Lipinski definition) is 3. The van der Waals surface area contributed by atoms with Gasteiger partial charge in [0.1, 0.15) is 11.6 Å². The summed E-state index contributed by atoms with van der Waals surface area (Å²) in [6.45, 7) is 2.17. The summed E-state index contributed by atoms with van der Waals surface area (Å²) in [5.41, 5.74) is 5.47. The number of fused-ring (bicyclic) bond motifs is 1. The van der Waals surface area contributed by atoms with E-state index in [2.05, 4.69) is 25.1 Å². The van der Waals surface area contributed by atoms with Crippen molar-refractivity contribution in [3.05, 3.63) is 64.0 Å². The summed E-state index contributed by atoms with van der Waals surface area (Å²) in [6.07, 6.45) is 4.16. The van der Waals surface area contributed by atoms with Crippen LogP contribution in [0.4, 0.5) is 4.39 Å². The predicted octanol–water partition coefficient (Wildman–Crippen LogP) is 5.01. The minimum Gasteiger partial charge on any atom is -0.496 e. The average molecular weight is 387 g/mol. The van der Waals surface area contributed by atoms with E-state index in [0.717, 1.165) is 36.8 Å². The molecule has 0 spiro atoms. The fourth-order valence-electron chi connectivity index (χ4n) is 4.33. The summed E-state index contributed by atoms with van der Waals surface area (Å²) in [7, 11) is 1.56. The number of rotatable bonds is 5. The molecule has 0 radical (unpaired) electrons. The van der Waals surface area contributed by atoms with Gasteiger partial charge in [0.15, 0.2) is 0 Å². The topological polar surface area (TPSA) is 38.7 Å². The van der Waals surface area contributed by atoms with Crippen LogP contribution in [0.3, 0.4) is 0 Å². The summed E-state index contributed by atoms with van der Waals surface area (Å²) in [5, 5.41) is 9.53. The third-order valence-electron chi connectivity index (χ3n) is 5.92. The number of benzene rings is 2. The maximum atomic E-state index is 14.7. The van der Waals surface area contributed by atoms with Crippen LogP contribution in [0.25, 0.3) is 0 Å². The molecule has 2 aliphatic rings. The molecule has 3 atom stereocenters. The molecule has 28 heavy (non-hydrogen) atoms. The Balaban J connectivity index is 0.00000225. The summed E-state index contributed by atoms with van der Waals surface area (Å²) in [5.74, 6) is 0.706. The number of aryl methyl sites for hydroxylation is 2. The Kier molecular flexibility index (Phi) is 6.41. The monoisotopic (exact) mass is 386 g/mol. The van der Waals surface area contributed by atoms with E-state index in [-0.39, 0.29) is 32.1 Å². The maximum absolute atomic E-state index is 14.7. The summed E-state index contributed by atoms with van der Waals surface area (Å²) >= 11 is 0. The van der Waals surface area contributed by atoms with Gasteiger partial charge in [0.25, 0.3) is 0 Å². The second kappa shape index (κ2) is 8.62. The number of ether oxygens (including phenoxy) is 2. The van der Waals surface area contributed by atoms with Crippen molar-refractivity contribution in [1.82, 2.24) is 0 Å². The molecule has 4 rings (SSSR count). The smallest absolute Gasteiger partial charge is 0.130 e. The Labute approximate surface area is 167 Å². The van der Waals surface area contributed by atoms with Crippen LogP contribution < -0.4 is 4.74 Å². The van der Waals surface area contributed by atoms with E-state index in [1.165, 1.54) is 17.2 Å². The first kappa shape index (κ1) is 20.8. The van der Waals surface area contributed by atoms with Crippen molar-refractivity contribution in [3.63, 3.8) is 0 Å². The third-order valence-corrected chi connectivity index (χ3v) is 5.92. The first-order valence-corrected chi connectivity index (χ1v) is 9.80. The maximum Gasteiger partial charge on any atom is 0.130 e. The van der Waals surface area contributed by atoms with Gasteiger partial charge in [-0.2, -0.15) is 0 Å². The first-order chi connectivity index (χ1) is 13.1. The van der Waals surface area contributed by atoms with Crippen LogP contribution >= 0.6 is 0 Å². The van der Waals surface area contributed by atoms with Gasteiger partial charge in [-0.15, -0.1) is 0 Å². The van der Waals surface area contributed by atoms with Crippen LogP contribution in [-0.4, -0.2) is 24.9 Å². The second-order valence-corrected chi connectivity index (χ2v) is 7.97. The van der Waals surface area contributed by atoms with E-state index in [9.17, 15) is 9.50 Å². The molecule has 0 bridgehead atoms. The van der Waals surface area contributed by atoms with E-state index in [1.807, 2.05) is 6.07 Å². The summed E-state index contributed by atoms with van der Waals surface area (Å²) < 4.78 is 26.2. The van der Waals surface area contributed by atoms with Crippen LogP contribution in [0.15, 0.2) is 30.3 Å². The van der Waals surface area contributed by atoms with Crippen LogP contribution in [-0.2, 0) is 24.0 Å². The number of halogens is 1. The Morgan fingerprint density at radius 1 is 1.14 bits per heavy atom. The van der Waals surface area contributed by atoms with E-state index >= 15 is 0 Å². The molecule has 1 aliphatic heterocycles. The minimum absolute atomic E-state index is 0. The molecule has 1 fully saturated rings.